The number of pyridine rings is 1. The van der Waals surface area contributed by atoms with Gasteiger partial charge in [0.2, 0.25) is 5.75 Å². The molecule has 1 aromatic heterocycles. The molecule has 2 aromatic rings. The van der Waals surface area contributed by atoms with Gasteiger partial charge in [0.05, 0.1) is 21.3 Å². The number of nitrogens with two attached hydrogens (primary N) is 1. The fourth-order valence-corrected chi connectivity index (χ4v) is 3.80. The Morgan fingerprint density at radius 3 is 2.39 bits per heavy atom. The van der Waals surface area contributed by atoms with Crippen molar-refractivity contribution >= 4 is 5.82 Å². The van der Waals surface area contributed by atoms with Crippen LogP contribution in [0.3, 0.4) is 0 Å². The van der Waals surface area contributed by atoms with Gasteiger partial charge in [-0.3, -0.25) is 4.90 Å². The van der Waals surface area contributed by atoms with Crippen molar-refractivity contribution in [2.75, 3.05) is 40.2 Å². The van der Waals surface area contributed by atoms with Crippen LogP contribution < -0.4 is 19.9 Å². The van der Waals surface area contributed by atoms with E-state index in [1.165, 1.54) is 0 Å². The normalized spacial score (nSPS) is 13.5. The van der Waals surface area contributed by atoms with E-state index in [9.17, 15) is 5.26 Å². The number of ether oxygens (including phenoxy) is 3. The van der Waals surface area contributed by atoms with Crippen molar-refractivity contribution in [2.24, 2.45) is 0 Å². The fourth-order valence-electron chi connectivity index (χ4n) is 3.80. The van der Waals surface area contributed by atoms with E-state index in [1.807, 2.05) is 12.1 Å². The number of nitrogens with zero attached hydrogens (tertiary/aromatic N) is 3. The van der Waals surface area contributed by atoms with Crippen LogP contribution in [0.2, 0.25) is 0 Å². The summed E-state index contributed by atoms with van der Waals surface area (Å²) in [6, 6.07) is 5.96. The van der Waals surface area contributed by atoms with Gasteiger partial charge in [-0.05, 0) is 36.2 Å². The van der Waals surface area contributed by atoms with Gasteiger partial charge < -0.3 is 19.9 Å². The molecule has 1 aromatic carbocycles. The number of fused-ring (bicyclic) bond motifs is 1. The minimum Gasteiger partial charge on any atom is -0.493 e. The largest absolute Gasteiger partial charge is 0.493 e. The van der Waals surface area contributed by atoms with E-state index in [2.05, 4.69) is 22.9 Å². The van der Waals surface area contributed by atoms with Crippen molar-refractivity contribution in [3.8, 4) is 34.4 Å². The first-order chi connectivity index (χ1) is 13.6. The third kappa shape index (κ3) is 3.43. The minimum absolute atomic E-state index is 0.258. The van der Waals surface area contributed by atoms with E-state index in [0.29, 0.717) is 22.8 Å². The summed E-state index contributed by atoms with van der Waals surface area (Å²) in [6.07, 6.45) is 1.88. The zero-order valence-electron chi connectivity index (χ0n) is 16.8. The second kappa shape index (κ2) is 8.36. The molecule has 0 aliphatic carbocycles. The molecule has 1 aliphatic heterocycles. The Kier molecular flexibility index (Phi) is 5.90. The quantitative estimate of drug-likeness (QED) is 0.821. The van der Waals surface area contributed by atoms with Crippen LogP contribution in [-0.4, -0.2) is 44.3 Å². The van der Waals surface area contributed by atoms with Crippen LogP contribution in [0.5, 0.6) is 17.2 Å². The second-order valence-corrected chi connectivity index (χ2v) is 6.72. The van der Waals surface area contributed by atoms with Gasteiger partial charge >= 0.3 is 0 Å². The lowest BCUT2D eigenvalue weighted by Crippen LogP contribution is -2.32. The molecule has 0 bridgehead atoms. The molecule has 0 unspecified atom stereocenters. The summed E-state index contributed by atoms with van der Waals surface area (Å²) >= 11 is 0. The van der Waals surface area contributed by atoms with Gasteiger partial charge in [-0.1, -0.05) is 6.92 Å². The lowest BCUT2D eigenvalue weighted by atomic mass is 9.90. The van der Waals surface area contributed by atoms with Gasteiger partial charge in [0.1, 0.15) is 17.5 Å². The molecule has 0 radical (unpaired) electrons. The van der Waals surface area contributed by atoms with Crippen LogP contribution in [0.15, 0.2) is 12.1 Å². The van der Waals surface area contributed by atoms with Crippen LogP contribution in [0.25, 0.3) is 11.1 Å². The maximum Gasteiger partial charge on any atom is 0.203 e. The molecule has 2 N–H and O–H groups in total. The molecule has 1 aliphatic rings. The Hall–Kier alpha value is -2.98. The number of nitrogen functional groups attached to an aromatic ring is 1. The van der Waals surface area contributed by atoms with E-state index in [1.54, 1.807) is 21.3 Å². The number of hydrogen-bond donors (Lipinski definition) is 1. The second-order valence-electron chi connectivity index (χ2n) is 6.72. The topological polar surface area (TPSA) is 93.6 Å². The summed E-state index contributed by atoms with van der Waals surface area (Å²) in [7, 11) is 4.72. The molecule has 0 atom stereocenters. The standard InChI is InChI=1S/C21H26N4O3/c1-5-7-25-8-6-16-15(12-25)19(14(11-22)21(23)24-16)13-9-17(26-2)20(28-4)18(10-13)27-3/h9-10H,5-8,12H2,1-4H3,(H2,23,24). The molecule has 0 fully saturated rings. The number of aromatic nitrogens is 1. The third-order valence-corrected chi connectivity index (χ3v) is 5.06. The summed E-state index contributed by atoms with van der Waals surface area (Å²) in [6.45, 7) is 4.84. The Morgan fingerprint density at radius 2 is 1.86 bits per heavy atom. The van der Waals surface area contributed by atoms with Gasteiger partial charge in [-0.25, -0.2) is 4.98 Å². The highest BCUT2D eigenvalue weighted by atomic mass is 16.5. The Labute approximate surface area is 165 Å². The highest BCUT2D eigenvalue weighted by Crippen LogP contribution is 2.44. The summed E-state index contributed by atoms with van der Waals surface area (Å²) in [5.41, 5.74) is 10.1. The number of nitriles is 1. The Morgan fingerprint density at radius 1 is 1.18 bits per heavy atom. The molecule has 28 heavy (non-hydrogen) atoms. The summed E-state index contributed by atoms with van der Waals surface area (Å²) < 4.78 is 16.4. The zero-order valence-corrected chi connectivity index (χ0v) is 16.8. The molecule has 7 heteroatoms. The highest BCUT2D eigenvalue weighted by molar-refractivity contribution is 5.82. The van der Waals surface area contributed by atoms with Crippen molar-refractivity contribution in [3.05, 3.63) is 29.0 Å². The first-order valence-corrected chi connectivity index (χ1v) is 9.31. The van der Waals surface area contributed by atoms with Crippen LogP contribution in [0.4, 0.5) is 5.82 Å². The van der Waals surface area contributed by atoms with E-state index in [-0.39, 0.29) is 5.82 Å². The smallest absolute Gasteiger partial charge is 0.203 e. The molecule has 0 amide bonds. The SMILES string of the molecule is CCCN1CCc2nc(N)c(C#N)c(-c3cc(OC)c(OC)c(OC)c3)c2C1. The summed E-state index contributed by atoms with van der Waals surface area (Å²) in [5.74, 6) is 1.84. The molecule has 0 saturated heterocycles. The highest BCUT2D eigenvalue weighted by Gasteiger charge is 2.26. The first kappa shape index (κ1) is 19.8. The Bertz CT molecular complexity index is 896. The third-order valence-electron chi connectivity index (χ3n) is 5.06. The monoisotopic (exact) mass is 382 g/mol. The number of rotatable bonds is 6. The predicted octanol–water partition coefficient (Wildman–Crippen LogP) is 3.00. The van der Waals surface area contributed by atoms with E-state index >= 15 is 0 Å². The first-order valence-electron chi connectivity index (χ1n) is 9.31. The van der Waals surface area contributed by atoms with Crippen LogP contribution in [0, 0.1) is 11.3 Å². The van der Waals surface area contributed by atoms with Crippen LogP contribution >= 0.6 is 0 Å². The molecule has 7 nitrogen and oxygen atoms in total. The number of anilines is 1. The van der Waals surface area contributed by atoms with E-state index in [4.69, 9.17) is 19.9 Å². The average molecular weight is 382 g/mol. The maximum atomic E-state index is 9.81. The maximum absolute atomic E-state index is 9.81. The fraction of sp³-hybridized carbons (Fsp3) is 0.429. The van der Waals surface area contributed by atoms with Gasteiger partial charge in [0.25, 0.3) is 0 Å². The molecule has 2 heterocycles. The van der Waals surface area contributed by atoms with Gasteiger partial charge in [0, 0.05) is 30.8 Å². The van der Waals surface area contributed by atoms with Gasteiger partial charge in [0.15, 0.2) is 11.5 Å². The molecule has 148 valence electrons. The zero-order chi connectivity index (χ0) is 20.3. The minimum atomic E-state index is 0.258. The molecular formula is C21H26N4O3. The van der Waals surface area contributed by atoms with Gasteiger partial charge in [-0.15, -0.1) is 0 Å². The summed E-state index contributed by atoms with van der Waals surface area (Å²) in [5, 5.41) is 9.81. The number of methoxy groups -OCH3 is 3. The van der Waals surface area contributed by atoms with Gasteiger partial charge in [-0.2, -0.15) is 5.26 Å². The number of benzene rings is 1. The van der Waals surface area contributed by atoms with E-state index < -0.39 is 0 Å². The Balaban J connectivity index is 2.27. The lowest BCUT2D eigenvalue weighted by molar-refractivity contribution is 0.253. The van der Waals surface area contributed by atoms with Crippen molar-refractivity contribution in [2.45, 2.75) is 26.3 Å². The van der Waals surface area contributed by atoms with Crippen molar-refractivity contribution in [3.63, 3.8) is 0 Å². The van der Waals surface area contributed by atoms with Crippen LogP contribution in [-0.2, 0) is 13.0 Å². The van der Waals surface area contributed by atoms with E-state index in [0.717, 1.165) is 54.9 Å². The number of hydrogen-bond acceptors (Lipinski definition) is 7. The summed E-state index contributed by atoms with van der Waals surface area (Å²) in [4.78, 5) is 6.90. The van der Waals surface area contributed by atoms with Crippen molar-refractivity contribution < 1.29 is 14.2 Å². The van der Waals surface area contributed by atoms with Crippen LogP contribution in [0.1, 0.15) is 30.2 Å². The predicted molar refractivity (Wildman–Crippen MR) is 108 cm³/mol. The molecule has 0 spiro atoms. The molecule has 0 saturated carbocycles. The molecular weight excluding hydrogens is 356 g/mol. The van der Waals surface area contributed by atoms with Crippen molar-refractivity contribution in [1.29, 1.82) is 5.26 Å². The lowest BCUT2D eigenvalue weighted by Gasteiger charge is -2.30. The van der Waals surface area contributed by atoms with Crippen molar-refractivity contribution in [1.82, 2.24) is 9.88 Å². The molecule has 3 rings (SSSR count). The average Bonchev–Trinajstić information content (AvgIpc) is 2.72.